The molecular weight excluding hydrogens is 600 g/mol. The molecule has 0 atom stereocenters. The summed E-state index contributed by atoms with van der Waals surface area (Å²) >= 11 is 0. The molecule has 0 saturated carbocycles. The standard InChI is InChI=1S/C39H34F4N4/c1-37(2)27-17-33(31(42)19-29(27)40)46-21-25(23-13-9-7-10-14-23)35(44-46)38(3,4)39(5,6)36-26(24-15-11-8-12-16-24)22-47(45-36)34-18-28(37)30(41)20-32(34)43/h7-22H,1-6H3. The Labute approximate surface area is 271 Å². The fourth-order valence-corrected chi connectivity index (χ4v) is 6.70. The molecule has 0 N–H and O–H groups in total. The van der Waals surface area contributed by atoms with Crippen LogP contribution in [-0.4, -0.2) is 19.6 Å². The fraction of sp³-hybridized carbons (Fsp3) is 0.231. The number of nitrogens with zero attached hydrogens (tertiary/aromatic N) is 4. The lowest BCUT2D eigenvalue weighted by molar-refractivity contribution is 0.287. The average Bonchev–Trinajstić information content (AvgIpc) is 3.68. The van der Waals surface area contributed by atoms with E-state index in [1.54, 1.807) is 26.2 Å². The smallest absolute Gasteiger partial charge is 0.151 e. The van der Waals surface area contributed by atoms with E-state index in [9.17, 15) is 0 Å². The molecule has 7 rings (SSSR count). The van der Waals surface area contributed by atoms with Gasteiger partial charge < -0.3 is 0 Å². The molecular formula is C39H34F4N4. The minimum absolute atomic E-state index is 0.0107. The maximum atomic E-state index is 15.8. The lowest BCUT2D eigenvalue weighted by Gasteiger charge is -2.40. The van der Waals surface area contributed by atoms with Crippen molar-refractivity contribution in [2.75, 3.05) is 0 Å². The molecule has 238 valence electrons. The van der Waals surface area contributed by atoms with Gasteiger partial charge in [0.25, 0.3) is 0 Å². The molecule has 1 aliphatic rings. The van der Waals surface area contributed by atoms with Gasteiger partial charge in [0, 0.05) is 63.0 Å². The normalized spacial score (nSPS) is 16.0. The van der Waals surface area contributed by atoms with Gasteiger partial charge >= 0.3 is 0 Å². The molecule has 0 saturated heterocycles. The topological polar surface area (TPSA) is 35.6 Å². The largest absolute Gasteiger partial charge is 0.237 e. The van der Waals surface area contributed by atoms with E-state index >= 15 is 17.6 Å². The molecule has 47 heavy (non-hydrogen) atoms. The van der Waals surface area contributed by atoms with Crippen molar-refractivity contribution < 1.29 is 17.6 Å². The summed E-state index contributed by atoms with van der Waals surface area (Å²) < 4.78 is 65.8. The fourth-order valence-electron chi connectivity index (χ4n) is 6.70. The van der Waals surface area contributed by atoms with Crippen LogP contribution in [0.4, 0.5) is 17.6 Å². The minimum Gasteiger partial charge on any atom is -0.237 e. The van der Waals surface area contributed by atoms with Gasteiger partial charge in [-0.15, -0.1) is 0 Å². The Morgan fingerprint density at radius 1 is 0.489 bits per heavy atom. The summed E-state index contributed by atoms with van der Waals surface area (Å²) in [5, 5.41) is 10.1. The maximum absolute atomic E-state index is 15.8. The SMILES string of the molecule is CC1(C)c2cc(c(F)cc2F)-n2cc(-c3ccccc3)c(n2)C(C)(C)C(C)(C)c2nn(cc2-c2ccccc2)-c2cc1c(F)cc2F. The highest BCUT2D eigenvalue weighted by Gasteiger charge is 2.46. The molecule has 2 aromatic heterocycles. The summed E-state index contributed by atoms with van der Waals surface area (Å²) in [6.07, 6.45) is 3.52. The molecule has 3 heterocycles. The molecule has 0 amide bonds. The van der Waals surface area contributed by atoms with Gasteiger partial charge in [0.05, 0.1) is 11.4 Å². The van der Waals surface area contributed by atoms with E-state index in [-0.39, 0.29) is 22.5 Å². The molecule has 0 unspecified atom stereocenters. The van der Waals surface area contributed by atoms with Gasteiger partial charge in [-0.3, -0.25) is 0 Å². The van der Waals surface area contributed by atoms with Crippen molar-refractivity contribution in [3.8, 4) is 33.6 Å². The van der Waals surface area contributed by atoms with E-state index in [0.717, 1.165) is 34.4 Å². The van der Waals surface area contributed by atoms with Gasteiger partial charge in [-0.25, -0.2) is 26.9 Å². The lowest BCUT2D eigenvalue weighted by atomic mass is 9.62. The molecule has 8 heteroatoms. The van der Waals surface area contributed by atoms with Gasteiger partial charge in [0.1, 0.15) is 23.0 Å². The van der Waals surface area contributed by atoms with Crippen molar-refractivity contribution in [2.45, 2.75) is 57.8 Å². The van der Waals surface area contributed by atoms with Crippen LogP contribution in [-0.2, 0) is 16.2 Å². The first kappa shape index (κ1) is 30.7. The molecule has 4 nitrogen and oxygen atoms in total. The van der Waals surface area contributed by atoms with Gasteiger partial charge in [0.2, 0.25) is 0 Å². The highest BCUT2D eigenvalue weighted by atomic mass is 19.1. The third-order valence-corrected chi connectivity index (χ3v) is 10.3. The molecule has 6 aromatic rings. The van der Waals surface area contributed by atoms with Gasteiger partial charge in [-0.2, -0.15) is 10.2 Å². The molecule has 8 bridgehead atoms. The number of fused-ring (bicyclic) bond motifs is 10. The third kappa shape index (κ3) is 4.64. The average molecular weight is 635 g/mol. The Bertz CT molecular complexity index is 2010. The maximum Gasteiger partial charge on any atom is 0.151 e. The lowest BCUT2D eigenvalue weighted by Crippen LogP contribution is -2.42. The first-order valence-electron chi connectivity index (χ1n) is 15.5. The molecule has 0 spiro atoms. The van der Waals surface area contributed by atoms with Crippen molar-refractivity contribution in [1.82, 2.24) is 19.6 Å². The summed E-state index contributed by atoms with van der Waals surface area (Å²) in [6.45, 7) is 11.5. The van der Waals surface area contributed by atoms with Crippen LogP contribution in [0.15, 0.2) is 97.3 Å². The predicted molar refractivity (Wildman–Crippen MR) is 176 cm³/mol. The Hall–Kier alpha value is -4.98. The van der Waals surface area contributed by atoms with Crippen LogP contribution in [0.5, 0.6) is 0 Å². The number of benzene rings is 4. The first-order chi connectivity index (χ1) is 22.2. The summed E-state index contributed by atoms with van der Waals surface area (Å²) in [4.78, 5) is 0. The van der Waals surface area contributed by atoms with Crippen LogP contribution in [0, 0.1) is 23.3 Å². The Balaban J connectivity index is 1.63. The quantitative estimate of drug-likeness (QED) is 0.178. The van der Waals surface area contributed by atoms with E-state index in [2.05, 4.69) is 27.7 Å². The van der Waals surface area contributed by atoms with Crippen LogP contribution < -0.4 is 0 Å². The van der Waals surface area contributed by atoms with E-state index in [1.807, 2.05) is 60.7 Å². The Morgan fingerprint density at radius 2 is 0.851 bits per heavy atom. The molecule has 0 fully saturated rings. The first-order valence-corrected chi connectivity index (χ1v) is 15.5. The second-order valence-electron chi connectivity index (χ2n) is 13.8. The van der Waals surface area contributed by atoms with Crippen LogP contribution >= 0.6 is 0 Å². The van der Waals surface area contributed by atoms with Crippen molar-refractivity contribution in [3.63, 3.8) is 0 Å². The van der Waals surface area contributed by atoms with Crippen LogP contribution in [0.25, 0.3) is 33.6 Å². The van der Waals surface area contributed by atoms with E-state index in [4.69, 9.17) is 10.2 Å². The number of rotatable bonds is 2. The second kappa shape index (κ2) is 10.5. The van der Waals surface area contributed by atoms with Gasteiger partial charge in [-0.05, 0) is 23.3 Å². The number of hydrogen-bond donors (Lipinski definition) is 0. The van der Waals surface area contributed by atoms with E-state index < -0.39 is 39.5 Å². The van der Waals surface area contributed by atoms with Crippen LogP contribution in [0.2, 0.25) is 0 Å². The number of aromatic nitrogens is 4. The van der Waals surface area contributed by atoms with Crippen molar-refractivity contribution >= 4 is 0 Å². The Kier molecular flexibility index (Phi) is 6.86. The van der Waals surface area contributed by atoms with Crippen LogP contribution in [0.3, 0.4) is 0 Å². The van der Waals surface area contributed by atoms with Crippen molar-refractivity contribution in [2.24, 2.45) is 0 Å². The van der Waals surface area contributed by atoms with Crippen molar-refractivity contribution in [3.05, 3.63) is 143 Å². The summed E-state index contributed by atoms with van der Waals surface area (Å²) in [5.41, 5.74) is 1.81. The monoisotopic (exact) mass is 634 g/mol. The summed E-state index contributed by atoms with van der Waals surface area (Å²) in [7, 11) is 0. The van der Waals surface area contributed by atoms with E-state index in [1.165, 1.54) is 21.5 Å². The zero-order valence-electron chi connectivity index (χ0n) is 27.0. The molecule has 1 aliphatic heterocycles. The minimum atomic E-state index is -1.35. The Morgan fingerprint density at radius 3 is 1.21 bits per heavy atom. The van der Waals surface area contributed by atoms with Crippen molar-refractivity contribution in [1.29, 1.82) is 0 Å². The molecule has 0 radical (unpaired) electrons. The molecule has 4 aromatic carbocycles. The number of halogens is 4. The highest BCUT2D eigenvalue weighted by molar-refractivity contribution is 5.71. The highest BCUT2D eigenvalue weighted by Crippen LogP contribution is 2.49. The van der Waals surface area contributed by atoms with E-state index in [0.29, 0.717) is 11.4 Å². The number of hydrogen-bond acceptors (Lipinski definition) is 2. The zero-order chi connectivity index (χ0) is 33.5. The molecule has 0 aliphatic carbocycles. The third-order valence-electron chi connectivity index (χ3n) is 10.3. The summed E-state index contributed by atoms with van der Waals surface area (Å²) in [5.74, 6) is -3.34. The van der Waals surface area contributed by atoms with Gasteiger partial charge in [-0.1, -0.05) is 102 Å². The summed E-state index contributed by atoms with van der Waals surface area (Å²) in [6, 6.07) is 23.7. The van der Waals surface area contributed by atoms with Gasteiger partial charge in [0.15, 0.2) is 11.6 Å². The predicted octanol–water partition coefficient (Wildman–Crippen LogP) is 9.84. The zero-order valence-corrected chi connectivity index (χ0v) is 27.0. The van der Waals surface area contributed by atoms with Crippen LogP contribution in [0.1, 0.15) is 64.1 Å². The second-order valence-corrected chi connectivity index (χ2v) is 13.8.